The van der Waals surface area contributed by atoms with Crippen LogP contribution in [0.5, 0.6) is 23.0 Å². The van der Waals surface area contributed by atoms with Crippen LogP contribution in [0.1, 0.15) is 17.0 Å². The summed E-state index contributed by atoms with van der Waals surface area (Å²) in [6, 6.07) is 5.42. The van der Waals surface area contributed by atoms with Crippen LogP contribution >= 0.6 is 11.6 Å². The first kappa shape index (κ1) is 19.6. The summed E-state index contributed by atoms with van der Waals surface area (Å²) in [5, 5.41) is 8.32. The topological polar surface area (TPSA) is 65.0 Å². The third-order valence-electron chi connectivity index (χ3n) is 4.63. The van der Waals surface area contributed by atoms with Crippen molar-refractivity contribution in [2.45, 2.75) is 24.8 Å². The van der Waals surface area contributed by atoms with E-state index in [2.05, 4.69) is 4.74 Å². The van der Waals surface area contributed by atoms with Crippen molar-refractivity contribution in [1.82, 2.24) is 0 Å². The van der Waals surface area contributed by atoms with Crippen molar-refractivity contribution in [2.75, 3.05) is 0 Å². The van der Waals surface area contributed by atoms with Crippen LogP contribution in [-0.2, 0) is 11.0 Å². The molecule has 0 bridgehead atoms. The minimum atomic E-state index is -4.88. The lowest BCUT2D eigenvalue weighted by atomic mass is 10.1. The number of benzene rings is 2. The molecule has 0 radical (unpaired) electrons. The van der Waals surface area contributed by atoms with Crippen LogP contribution in [0.15, 0.2) is 30.3 Å². The van der Waals surface area contributed by atoms with Gasteiger partial charge in [-0.15, -0.1) is 0 Å². The molecule has 5 nitrogen and oxygen atoms in total. The van der Waals surface area contributed by atoms with E-state index in [9.17, 15) is 26.7 Å². The summed E-state index contributed by atoms with van der Waals surface area (Å²) in [5.41, 5.74) is -0.691. The minimum absolute atomic E-state index is 0.0619. The summed E-state index contributed by atoms with van der Waals surface area (Å²) in [6.45, 7) is -3.39. The van der Waals surface area contributed by atoms with Crippen LogP contribution < -0.4 is 14.2 Å². The fourth-order valence-corrected chi connectivity index (χ4v) is 3.60. The molecule has 0 saturated heterocycles. The van der Waals surface area contributed by atoms with Gasteiger partial charge in [-0.1, -0.05) is 17.7 Å². The van der Waals surface area contributed by atoms with Crippen molar-refractivity contribution < 1.29 is 46.1 Å². The maximum atomic E-state index is 13.0. The van der Waals surface area contributed by atoms with Crippen molar-refractivity contribution in [1.29, 1.82) is 0 Å². The number of halogens is 6. The van der Waals surface area contributed by atoms with E-state index < -0.39 is 52.9 Å². The summed E-state index contributed by atoms with van der Waals surface area (Å²) in [7, 11) is 0. The highest BCUT2D eigenvalue weighted by Gasteiger charge is 2.63. The van der Waals surface area contributed by atoms with Gasteiger partial charge in [0.15, 0.2) is 11.5 Å². The van der Waals surface area contributed by atoms with Gasteiger partial charge in [0.1, 0.15) is 23.5 Å². The van der Waals surface area contributed by atoms with E-state index in [1.54, 1.807) is 6.07 Å². The number of carboxylic acids is 1. The van der Waals surface area contributed by atoms with Gasteiger partial charge in [0.05, 0.1) is 10.6 Å². The molecule has 3 unspecified atom stereocenters. The second kappa shape index (κ2) is 6.65. The lowest BCUT2D eigenvalue weighted by Crippen LogP contribution is -2.09. The molecule has 0 spiro atoms. The van der Waals surface area contributed by atoms with Crippen molar-refractivity contribution in [3.63, 3.8) is 0 Å². The number of ether oxygens (including phenoxy) is 3. The second-order valence-corrected chi connectivity index (χ2v) is 6.84. The van der Waals surface area contributed by atoms with Gasteiger partial charge in [-0.2, -0.15) is 22.0 Å². The van der Waals surface area contributed by atoms with Gasteiger partial charge in [-0.05, 0) is 12.1 Å². The zero-order valence-electron chi connectivity index (χ0n) is 14.0. The molecule has 1 aliphatic heterocycles. The maximum absolute atomic E-state index is 13.0. The van der Waals surface area contributed by atoms with E-state index in [1.165, 1.54) is 12.1 Å². The van der Waals surface area contributed by atoms with Crippen LogP contribution in [0, 0.1) is 5.92 Å². The van der Waals surface area contributed by atoms with Gasteiger partial charge >= 0.3 is 18.8 Å². The number of aliphatic carboxylic acids is 1. The number of hydrogen-bond donors (Lipinski definition) is 1. The van der Waals surface area contributed by atoms with Gasteiger partial charge in [-0.25, -0.2) is 0 Å². The molecule has 1 saturated carbocycles. The molecule has 154 valence electrons. The largest absolute Gasteiger partial charge is 0.488 e. The highest BCUT2D eigenvalue weighted by Crippen LogP contribution is 2.59. The Balaban J connectivity index is 1.63. The maximum Gasteiger partial charge on any atom is 0.417 e. The van der Waals surface area contributed by atoms with Crippen LogP contribution in [-0.4, -0.2) is 23.8 Å². The average Bonchev–Trinajstić information content (AvgIpc) is 3.19. The zero-order chi connectivity index (χ0) is 21.1. The van der Waals surface area contributed by atoms with E-state index in [4.69, 9.17) is 26.2 Å². The first-order valence-corrected chi connectivity index (χ1v) is 8.51. The van der Waals surface area contributed by atoms with Gasteiger partial charge in [0.25, 0.3) is 0 Å². The number of carbonyl (C=O) groups is 1. The van der Waals surface area contributed by atoms with E-state index in [0.29, 0.717) is 17.4 Å². The van der Waals surface area contributed by atoms with Gasteiger partial charge < -0.3 is 19.3 Å². The molecular weight excluding hydrogens is 427 g/mol. The Morgan fingerprint density at radius 2 is 1.90 bits per heavy atom. The van der Waals surface area contributed by atoms with E-state index in [-0.39, 0.29) is 11.7 Å². The number of carboxylic acid groups (broad SMARTS) is 1. The molecule has 1 fully saturated rings. The van der Waals surface area contributed by atoms with Crippen molar-refractivity contribution in [2.24, 2.45) is 5.92 Å². The Labute approximate surface area is 164 Å². The van der Waals surface area contributed by atoms with Crippen molar-refractivity contribution in [3.8, 4) is 23.0 Å². The van der Waals surface area contributed by atoms with Crippen molar-refractivity contribution in [3.05, 3.63) is 46.5 Å². The first-order valence-electron chi connectivity index (χ1n) is 8.13. The molecule has 1 N–H and O–H groups in total. The third kappa shape index (κ3) is 3.52. The lowest BCUT2D eigenvalue weighted by molar-refractivity contribution is -0.139. The third-order valence-corrected chi connectivity index (χ3v) is 4.94. The van der Waals surface area contributed by atoms with E-state index >= 15 is 0 Å². The van der Waals surface area contributed by atoms with E-state index in [0.717, 1.165) is 6.07 Å². The van der Waals surface area contributed by atoms with Crippen molar-refractivity contribution >= 4 is 17.6 Å². The van der Waals surface area contributed by atoms with Crippen LogP contribution in [0.2, 0.25) is 5.02 Å². The Morgan fingerprint density at radius 3 is 2.52 bits per heavy atom. The second-order valence-electron chi connectivity index (χ2n) is 6.43. The minimum Gasteiger partial charge on any atom is -0.488 e. The summed E-state index contributed by atoms with van der Waals surface area (Å²) in [6.07, 6.45) is -5.37. The summed E-state index contributed by atoms with van der Waals surface area (Å²) in [5.74, 6) is -2.76. The number of fused-ring (bicyclic) bond motifs is 3. The quantitative estimate of drug-likeness (QED) is 0.643. The SMILES string of the molecule is O=C(O)C1C2Oc3cc(Oc4cc(Cl)c(C(F)(F)F)cc4OC(F)F)ccc3C21. The molecule has 2 aromatic carbocycles. The summed E-state index contributed by atoms with van der Waals surface area (Å²) in [4.78, 5) is 11.1. The molecule has 2 aromatic rings. The number of alkyl halides is 5. The molecular formula is C18H10ClF5O5. The predicted molar refractivity (Wildman–Crippen MR) is 87.9 cm³/mol. The Kier molecular flexibility index (Phi) is 4.49. The molecule has 1 heterocycles. The molecule has 11 heteroatoms. The molecule has 2 aliphatic rings. The zero-order valence-corrected chi connectivity index (χ0v) is 14.8. The summed E-state index contributed by atoms with van der Waals surface area (Å²) < 4.78 is 79.3. The molecule has 0 amide bonds. The fraction of sp³-hybridized carbons (Fsp3) is 0.278. The summed E-state index contributed by atoms with van der Waals surface area (Å²) >= 11 is 5.63. The lowest BCUT2D eigenvalue weighted by Gasteiger charge is -2.16. The predicted octanol–water partition coefficient (Wildman–Crippen LogP) is 5.31. The number of rotatable bonds is 5. The molecule has 29 heavy (non-hydrogen) atoms. The van der Waals surface area contributed by atoms with Crippen LogP contribution in [0.3, 0.4) is 0 Å². The Bertz CT molecular complexity index is 993. The van der Waals surface area contributed by atoms with Crippen LogP contribution in [0.25, 0.3) is 0 Å². The first-order chi connectivity index (χ1) is 13.6. The smallest absolute Gasteiger partial charge is 0.417 e. The molecule has 1 aliphatic carbocycles. The van der Waals surface area contributed by atoms with Gasteiger partial charge in [0, 0.05) is 23.6 Å². The Morgan fingerprint density at radius 1 is 1.17 bits per heavy atom. The molecule has 0 aromatic heterocycles. The fourth-order valence-electron chi connectivity index (χ4n) is 3.34. The average molecular weight is 437 g/mol. The Hall–Kier alpha value is -2.75. The van der Waals surface area contributed by atoms with E-state index in [1.807, 2.05) is 0 Å². The highest BCUT2D eigenvalue weighted by atomic mass is 35.5. The normalized spacial score (nSPS) is 22.0. The van der Waals surface area contributed by atoms with Gasteiger partial charge in [0.2, 0.25) is 0 Å². The standard InChI is InChI=1S/C18H10ClF5O5/c19-9-5-12(11(29-17(20)21)4-8(9)18(22,23)24)27-6-1-2-7-10(3-6)28-15-13(7)14(15)16(25)26/h1-5,13-15,17H,(H,25,26). The monoisotopic (exact) mass is 436 g/mol. The van der Waals surface area contributed by atoms with Crippen LogP contribution in [0.4, 0.5) is 22.0 Å². The number of hydrogen-bond acceptors (Lipinski definition) is 4. The van der Waals surface area contributed by atoms with Gasteiger partial charge in [-0.3, -0.25) is 4.79 Å². The highest BCUT2D eigenvalue weighted by molar-refractivity contribution is 6.31. The molecule has 4 rings (SSSR count). The molecule has 3 atom stereocenters.